The fraction of sp³-hybridized carbons (Fsp3) is 0.190. The fourth-order valence-electron chi connectivity index (χ4n) is 3.32. The summed E-state index contributed by atoms with van der Waals surface area (Å²) in [5.41, 5.74) is 3.51. The van der Waals surface area contributed by atoms with Crippen LogP contribution in [0.1, 0.15) is 33.7 Å². The minimum absolute atomic E-state index is 0.0566. The highest BCUT2D eigenvalue weighted by molar-refractivity contribution is 7.89. The van der Waals surface area contributed by atoms with Crippen LogP contribution in [0.25, 0.3) is 0 Å². The van der Waals surface area contributed by atoms with E-state index in [2.05, 4.69) is 10.0 Å². The second-order valence-corrected chi connectivity index (χ2v) is 8.49. The average Bonchev–Trinajstić information content (AvgIpc) is 3.37. The largest absolute Gasteiger partial charge is 0.468 e. The normalized spacial score (nSPS) is 13.3. The summed E-state index contributed by atoms with van der Waals surface area (Å²) in [6.07, 6.45) is 4.65. The quantitative estimate of drug-likeness (QED) is 0.667. The van der Waals surface area contributed by atoms with E-state index in [4.69, 9.17) is 4.42 Å². The highest BCUT2D eigenvalue weighted by atomic mass is 32.2. The summed E-state index contributed by atoms with van der Waals surface area (Å²) in [6.45, 7) is 0.0566. The molecule has 144 valence electrons. The number of nitrogens with one attached hydrogen (secondary N) is 2. The van der Waals surface area contributed by atoms with Gasteiger partial charge < -0.3 is 9.73 Å². The third kappa shape index (κ3) is 4.00. The number of carbonyl (C=O) groups is 1. The van der Waals surface area contributed by atoms with Crippen molar-refractivity contribution >= 4 is 21.6 Å². The molecule has 6 nitrogen and oxygen atoms in total. The van der Waals surface area contributed by atoms with E-state index in [0.29, 0.717) is 17.0 Å². The molecule has 0 atom stereocenters. The molecule has 0 bridgehead atoms. The lowest BCUT2D eigenvalue weighted by Gasteiger charge is -2.10. The maximum atomic E-state index is 12.6. The molecule has 4 rings (SSSR count). The van der Waals surface area contributed by atoms with Crippen molar-refractivity contribution in [1.82, 2.24) is 4.72 Å². The molecule has 1 aliphatic rings. The van der Waals surface area contributed by atoms with Crippen LogP contribution in [0, 0.1) is 0 Å². The molecule has 0 aliphatic heterocycles. The smallest absolute Gasteiger partial charge is 0.255 e. The second-order valence-electron chi connectivity index (χ2n) is 6.72. The molecule has 1 heterocycles. The van der Waals surface area contributed by atoms with Gasteiger partial charge in [0, 0.05) is 11.3 Å². The van der Waals surface area contributed by atoms with Gasteiger partial charge in [-0.15, -0.1) is 0 Å². The van der Waals surface area contributed by atoms with Crippen molar-refractivity contribution in [2.45, 2.75) is 30.7 Å². The summed E-state index contributed by atoms with van der Waals surface area (Å²) >= 11 is 0. The predicted octanol–water partition coefficient (Wildman–Crippen LogP) is 3.50. The standard InChI is InChI=1S/C21H20N2O4S/c24-21(17-10-9-15-4-1-5-16(15)12-17)23-18-6-2-8-20(13-18)28(25,26)22-14-19-7-3-11-27-19/h2-3,6-13,22H,1,4-5,14H2,(H,23,24). The van der Waals surface area contributed by atoms with Gasteiger partial charge in [-0.05, 0) is 72.9 Å². The van der Waals surface area contributed by atoms with Gasteiger partial charge in [-0.25, -0.2) is 13.1 Å². The maximum absolute atomic E-state index is 12.6. The van der Waals surface area contributed by atoms with Gasteiger partial charge in [0.25, 0.3) is 5.91 Å². The highest BCUT2D eigenvalue weighted by Gasteiger charge is 2.17. The Bertz CT molecular complexity index is 1110. The van der Waals surface area contributed by atoms with Gasteiger partial charge in [-0.1, -0.05) is 12.1 Å². The molecule has 0 saturated heterocycles. The first kappa shape index (κ1) is 18.5. The van der Waals surface area contributed by atoms with Gasteiger partial charge in [0.05, 0.1) is 17.7 Å². The molecular formula is C21H20N2O4S. The molecule has 1 aliphatic carbocycles. The van der Waals surface area contributed by atoms with Crippen molar-refractivity contribution in [2.24, 2.45) is 0 Å². The van der Waals surface area contributed by atoms with Crippen LogP contribution in [-0.4, -0.2) is 14.3 Å². The molecule has 0 unspecified atom stereocenters. The van der Waals surface area contributed by atoms with Crippen molar-refractivity contribution in [2.75, 3.05) is 5.32 Å². The summed E-state index contributed by atoms with van der Waals surface area (Å²) in [6, 6.07) is 15.3. The number of benzene rings is 2. The van der Waals surface area contributed by atoms with Crippen molar-refractivity contribution in [3.05, 3.63) is 83.3 Å². The van der Waals surface area contributed by atoms with Gasteiger partial charge >= 0.3 is 0 Å². The Balaban J connectivity index is 1.48. The SMILES string of the molecule is O=C(Nc1cccc(S(=O)(=O)NCc2ccco2)c1)c1ccc2c(c1)CCC2. The Morgan fingerprint density at radius 1 is 1.00 bits per heavy atom. The van der Waals surface area contributed by atoms with Crippen molar-refractivity contribution in [3.8, 4) is 0 Å². The number of hydrogen-bond acceptors (Lipinski definition) is 4. The van der Waals surface area contributed by atoms with Crippen LogP contribution in [0.3, 0.4) is 0 Å². The van der Waals surface area contributed by atoms with E-state index in [1.807, 2.05) is 18.2 Å². The molecule has 0 fully saturated rings. The number of furan rings is 1. The average molecular weight is 396 g/mol. The number of rotatable bonds is 6. The molecule has 7 heteroatoms. The van der Waals surface area contributed by atoms with Crippen molar-refractivity contribution < 1.29 is 17.6 Å². The Morgan fingerprint density at radius 2 is 1.86 bits per heavy atom. The molecule has 3 aromatic rings. The van der Waals surface area contributed by atoms with E-state index >= 15 is 0 Å². The van der Waals surface area contributed by atoms with E-state index in [0.717, 1.165) is 19.3 Å². The van der Waals surface area contributed by atoms with Crippen LogP contribution >= 0.6 is 0 Å². The van der Waals surface area contributed by atoms with E-state index in [9.17, 15) is 13.2 Å². The first-order valence-corrected chi connectivity index (χ1v) is 10.5. The Labute approximate surface area is 163 Å². The zero-order valence-electron chi connectivity index (χ0n) is 15.1. The van der Waals surface area contributed by atoms with Gasteiger partial charge in [0.1, 0.15) is 5.76 Å². The molecule has 1 amide bonds. The van der Waals surface area contributed by atoms with Gasteiger partial charge in [-0.3, -0.25) is 4.79 Å². The van der Waals surface area contributed by atoms with Crippen LogP contribution in [0.15, 0.2) is 70.2 Å². The second kappa shape index (κ2) is 7.61. The number of anilines is 1. The summed E-state index contributed by atoms with van der Waals surface area (Å²) in [7, 11) is -3.73. The van der Waals surface area contributed by atoms with E-state index < -0.39 is 10.0 Å². The van der Waals surface area contributed by atoms with Gasteiger partial charge in [0.2, 0.25) is 10.0 Å². The molecule has 1 aromatic heterocycles. The zero-order valence-corrected chi connectivity index (χ0v) is 16.0. The summed E-state index contributed by atoms with van der Waals surface area (Å²) < 4.78 is 32.6. The minimum atomic E-state index is -3.73. The molecule has 0 radical (unpaired) electrons. The number of sulfonamides is 1. The maximum Gasteiger partial charge on any atom is 0.255 e. The summed E-state index contributed by atoms with van der Waals surface area (Å²) in [4.78, 5) is 12.6. The fourth-order valence-corrected chi connectivity index (χ4v) is 4.36. The van der Waals surface area contributed by atoms with Crippen LogP contribution in [-0.2, 0) is 29.4 Å². The first-order chi connectivity index (χ1) is 13.5. The van der Waals surface area contributed by atoms with Crippen molar-refractivity contribution in [1.29, 1.82) is 0 Å². The first-order valence-electron chi connectivity index (χ1n) is 9.06. The monoisotopic (exact) mass is 396 g/mol. The highest BCUT2D eigenvalue weighted by Crippen LogP contribution is 2.23. The molecule has 0 saturated carbocycles. The minimum Gasteiger partial charge on any atom is -0.468 e. The predicted molar refractivity (Wildman–Crippen MR) is 106 cm³/mol. The number of amides is 1. The summed E-state index contributed by atoms with van der Waals surface area (Å²) in [5, 5.41) is 2.78. The topological polar surface area (TPSA) is 88.4 Å². The van der Waals surface area contributed by atoms with E-state index in [-0.39, 0.29) is 17.3 Å². The lowest BCUT2D eigenvalue weighted by molar-refractivity contribution is 0.102. The zero-order chi connectivity index (χ0) is 19.6. The van der Waals surface area contributed by atoms with Crippen molar-refractivity contribution in [3.63, 3.8) is 0 Å². The number of fused-ring (bicyclic) bond motifs is 1. The Hall–Kier alpha value is -2.90. The number of hydrogen-bond donors (Lipinski definition) is 2. The molecule has 2 aromatic carbocycles. The lowest BCUT2D eigenvalue weighted by atomic mass is 10.1. The third-order valence-corrected chi connectivity index (χ3v) is 6.18. The number of aryl methyl sites for hydroxylation is 2. The van der Waals surface area contributed by atoms with Crippen LogP contribution in [0.5, 0.6) is 0 Å². The van der Waals surface area contributed by atoms with Gasteiger partial charge in [-0.2, -0.15) is 0 Å². The van der Waals surface area contributed by atoms with Crippen LogP contribution in [0.2, 0.25) is 0 Å². The third-order valence-electron chi connectivity index (χ3n) is 4.78. The molecule has 2 N–H and O–H groups in total. The Kier molecular flexibility index (Phi) is 5.02. The summed E-state index contributed by atoms with van der Waals surface area (Å²) in [5.74, 6) is 0.262. The Morgan fingerprint density at radius 3 is 2.68 bits per heavy atom. The van der Waals surface area contributed by atoms with E-state index in [1.54, 1.807) is 24.3 Å². The molecule has 28 heavy (non-hydrogen) atoms. The van der Waals surface area contributed by atoms with Crippen LogP contribution in [0.4, 0.5) is 5.69 Å². The van der Waals surface area contributed by atoms with Crippen LogP contribution < -0.4 is 10.0 Å². The van der Waals surface area contributed by atoms with Gasteiger partial charge in [0.15, 0.2) is 0 Å². The molecular weight excluding hydrogens is 376 g/mol. The van der Waals surface area contributed by atoms with E-state index in [1.165, 1.54) is 29.5 Å². The molecule has 0 spiro atoms. The lowest BCUT2D eigenvalue weighted by Crippen LogP contribution is -2.23. The number of carbonyl (C=O) groups excluding carboxylic acids is 1.